The minimum absolute atomic E-state index is 0.0530. The number of hydrogen-bond acceptors (Lipinski definition) is 3. The Morgan fingerprint density at radius 1 is 1.67 bits per heavy atom. The fourth-order valence-corrected chi connectivity index (χ4v) is 0.572. The van der Waals surface area contributed by atoms with Gasteiger partial charge in [0.05, 0.1) is 13.2 Å². The lowest BCUT2D eigenvalue weighted by atomic mass is 10.3. The summed E-state index contributed by atoms with van der Waals surface area (Å²) >= 11 is 0. The summed E-state index contributed by atoms with van der Waals surface area (Å²) < 4.78 is 4.96. The van der Waals surface area contributed by atoms with Crippen LogP contribution in [0.4, 0.5) is 0 Å². The summed E-state index contributed by atoms with van der Waals surface area (Å²) in [5.41, 5.74) is 5.44. The zero-order chi connectivity index (χ0) is 7.11. The summed E-state index contributed by atoms with van der Waals surface area (Å²) in [7, 11) is 0. The topological polar surface area (TPSA) is 55.5 Å². The van der Waals surface area contributed by atoms with Gasteiger partial charge in [-0.3, -0.25) is 0 Å². The molecule has 3 N–H and O–H groups in total. The summed E-state index contributed by atoms with van der Waals surface area (Å²) in [6.07, 6.45) is 1.69. The van der Waals surface area contributed by atoms with Crippen LogP contribution in [-0.2, 0) is 4.74 Å². The molecule has 3 heteroatoms. The number of ether oxygens (including phenoxy) is 1. The highest BCUT2D eigenvalue weighted by Crippen LogP contribution is 1.93. The molecule has 56 valence electrons. The number of aliphatic hydroxyl groups excluding tert-OH is 1. The van der Waals surface area contributed by atoms with E-state index in [2.05, 4.69) is 0 Å². The Kier molecular flexibility index (Phi) is 5.93. The first-order valence-corrected chi connectivity index (χ1v) is 3.29. The lowest BCUT2D eigenvalue weighted by Crippen LogP contribution is -2.24. The van der Waals surface area contributed by atoms with Crippen molar-refractivity contribution < 1.29 is 9.84 Å². The molecule has 0 aromatic rings. The molecule has 1 unspecified atom stereocenters. The van der Waals surface area contributed by atoms with E-state index in [9.17, 15) is 0 Å². The monoisotopic (exact) mass is 133 g/mol. The number of hydrogen-bond donors (Lipinski definition) is 2. The maximum absolute atomic E-state index is 8.30. The standard InChI is InChI=1S/C6H15NO2/c1-2-3-6(7)9-5-4-8/h6,8H,2-5,7H2,1H3. The highest BCUT2D eigenvalue weighted by Gasteiger charge is 1.97. The van der Waals surface area contributed by atoms with Gasteiger partial charge in [0.25, 0.3) is 0 Å². The van der Waals surface area contributed by atoms with Crippen LogP contribution < -0.4 is 5.73 Å². The smallest absolute Gasteiger partial charge is 0.105 e. The fourth-order valence-electron chi connectivity index (χ4n) is 0.572. The molecule has 3 nitrogen and oxygen atoms in total. The third-order valence-corrected chi connectivity index (χ3v) is 0.996. The molecule has 0 aromatic heterocycles. The first-order valence-electron chi connectivity index (χ1n) is 3.29. The van der Waals surface area contributed by atoms with Crippen LogP contribution in [0.25, 0.3) is 0 Å². The molecule has 0 radical (unpaired) electrons. The molecule has 0 rings (SSSR count). The van der Waals surface area contributed by atoms with Gasteiger partial charge in [-0.25, -0.2) is 0 Å². The van der Waals surface area contributed by atoms with Crippen molar-refractivity contribution in [3.8, 4) is 0 Å². The molecule has 0 saturated heterocycles. The van der Waals surface area contributed by atoms with E-state index in [1.807, 2.05) is 6.92 Å². The van der Waals surface area contributed by atoms with Crippen molar-refractivity contribution in [1.82, 2.24) is 0 Å². The normalized spacial score (nSPS) is 13.7. The molecule has 0 amide bonds. The van der Waals surface area contributed by atoms with E-state index >= 15 is 0 Å². The second-order valence-electron chi connectivity index (χ2n) is 1.92. The van der Waals surface area contributed by atoms with E-state index in [1.165, 1.54) is 0 Å². The van der Waals surface area contributed by atoms with Crippen LogP contribution in [0.5, 0.6) is 0 Å². The predicted octanol–water partition coefficient (Wildman–Crippen LogP) is 0.0802. The van der Waals surface area contributed by atoms with Crippen molar-refractivity contribution in [3.63, 3.8) is 0 Å². The molecule has 0 spiro atoms. The van der Waals surface area contributed by atoms with Gasteiger partial charge in [0.15, 0.2) is 0 Å². The number of aliphatic hydroxyl groups is 1. The van der Waals surface area contributed by atoms with Gasteiger partial charge >= 0.3 is 0 Å². The van der Waals surface area contributed by atoms with Crippen LogP contribution in [0.15, 0.2) is 0 Å². The maximum atomic E-state index is 8.30. The molecular formula is C6H15NO2. The van der Waals surface area contributed by atoms with Crippen LogP contribution in [0.1, 0.15) is 19.8 Å². The van der Waals surface area contributed by atoms with Crippen LogP contribution in [0, 0.1) is 0 Å². The van der Waals surface area contributed by atoms with E-state index in [1.54, 1.807) is 0 Å². The van der Waals surface area contributed by atoms with E-state index in [0.717, 1.165) is 12.8 Å². The zero-order valence-corrected chi connectivity index (χ0v) is 5.84. The molecular weight excluding hydrogens is 118 g/mol. The maximum Gasteiger partial charge on any atom is 0.105 e. The summed E-state index contributed by atoms with van der Waals surface area (Å²) in [4.78, 5) is 0. The summed E-state index contributed by atoms with van der Waals surface area (Å²) in [6, 6.07) is 0. The van der Waals surface area contributed by atoms with E-state index in [-0.39, 0.29) is 12.8 Å². The Hall–Kier alpha value is -0.120. The van der Waals surface area contributed by atoms with Gasteiger partial charge in [0.1, 0.15) is 6.23 Å². The van der Waals surface area contributed by atoms with Gasteiger partial charge in [-0.2, -0.15) is 0 Å². The minimum atomic E-state index is -0.192. The van der Waals surface area contributed by atoms with Gasteiger partial charge in [0, 0.05) is 0 Å². The molecule has 9 heavy (non-hydrogen) atoms. The highest BCUT2D eigenvalue weighted by atomic mass is 16.5. The Balaban J connectivity index is 2.95. The zero-order valence-electron chi connectivity index (χ0n) is 5.84. The SMILES string of the molecule is CCCC(N)OCCO. The van der Waals surface area contributed by atoms with Crippen molar-refractivity contribution in [3.05, 3.63) is 0 Å². The Morgan fingerprint density at radius 2 is 2.33 bits per heavy atom. The van der Waals surface area contributed by atoms with Gasteiger partial charge < -0.3 is 15.6 Å². The molecule has 1 atom stereocenters. The van der Waals surface area contributed by atoms with Crippen LogP contribution in [0.3, 0.4) is 0 Å². The van der Waals surface area contributed by atoms with E-state index in [4.69, 9.17) is 15.6 Å². The predicted molar refractivity (Wildman–Crippen MR) is 35.9 cm³/mol. The van der Waals surface area contributed by atoms with Crippen LogP contribution in [0.2, 0.25) is 0 Å². The lowest BCUT2D eigenvalue weighted by molar-refractivity contribution is 0.0275. The largest absolute Gasteiger partial charge is 0.394 e. The first-order chi connectivity index (χ1) is 4.31. The minimum Gasteiger partial charge on any atom is -0.394 e. The third-order valence-electron chi connectivity index (χ3n) is 0.996. The first kappa shape index (κ1) is 8.88. The van der Waals surface area contributed by atoms with Crippen LogP contribution >= 0.6 is 0 Å². The second kappa shape index (κ2) is 6.01. The number of rotatable bonds is 5. The van der Waals surface area contributed by atoms with Gasteiger partial charge in [0.2, 0.25) is 0 Å². The van der Waals surface area contributed by atoms with Crippen LogP contribution in [-0.4, -0.2) is 24.5 Å². The van der Waals surface area contributed by atoms with Crippen molar-refractivity contribution in [2.45, 2.75) is 26.0 Å². The summed E-state index contributed by atoms with van der Waals surface area (Å²) in [6.45, 7) is 2.45. The fraction of sp³-hybridized carbons (Fsp3) is 1.00. The average Bonchev–Trinajstić information content (AvgIpc) is 1.85. The quantitative estimate of drug-likeness (QED) is 0.522. The molecule has 0 aliphatic heterocycles. The highest BCUT2D eigenvalue weighted by molar-refractivity contribution is 4.44. The second-order valence-corrected chi connectivity index (χ2v) is 1.92. The number of nitrogens with two attached hydrogens (primary N) is 1. The van der Waals surface area contributed by atoms with Crippen molar-refractivity contribution >= 4 is 0 Å². The molecule has 0 aromatic carbocycles. The Bertz CT molecular complexity index is 59.0. The molecule has 0 saturated carbocycles. The van der Waals surface area contributed by atoms with Gasteiger partial charge in [-0.05, 0) is 6.42 Å². The van der Waals surface area contributed by atoms with Crippen molar-refractivity contribution in [2.75, 3.05) is 13.2 Å². The van der Waals surface area contributed by atoms with Crippen molar-refractivity contribution in [1.29, 1.82) is 0 Å². The van der Waals surface area contributed by atoms with E-state index in [0.29, 0.717) is 6.61 Å². The molecule has 0 aliphatic carbocycles. The summed E-state index contributed by atoms with van der Waals surface area (Å²) in [5, 5.41) is 8.30. The Labute approximate surface area is 55.8 Å². The van der Waals surface area contributed by atoms with Gasteiger partial charge in [-0.15, -0.1) is 0 Å². The molecule has 0 fully saturated rings. The van der Waals surface area contributed by atoms with Gasteiger partial charge in [-0.1, -0.05) is 13.3 Å². The Morgan fingerprint density at radius 3 is 2.78 bits per heavy atom. The average molecular weight is 133 g/mol. The third kappa shape index (κ3) is 5.76. The van der Waals surface area contributed by atoms with E-state index < -0.39 is 0 Å². The van der Waals surface area contributed by atoms with Crippen molar-refractivity contribution in [2.24, 2.45) is 5.73 Å². The molecule has 0 aliphatic rings. The summed E-state index contributed by atoms with van der Waals surface area (Å²) in [5.74, 6) is 0. The molecule has 0 bridgehead atoms. The molecule has 0 heterocycles. The lowest BCUT2D eigenvalue weighted by Gasteiger charge is -2.09.